The first-order valence-corrected chi connectivity index (χ1v) is 10.8. The lowest BCUT2D eigenvalue weighted by molar-refractivity contribution is -0.144. The van der Waals surface area contributed by atoms with Crippen LogP contribution in [0.1, 0.15) is 63.4 Å². The second-order valence-corrected chi connectivity index (χ2v) is 11.3. The van der Waals surface area contributed by atoms with Crippen LogP contribution in [0.4, 0.5) is 0 Å². The molecule has 1 aromatic carbocycles. The molecular formula is C22H28BrNO. The summed E-state index contributed by atoms with van der Waals surface area (Å²) < 4.78 is 0.252. The Kier molecular flexibility index (Phi) is 3.65. The van der Waals surface area contributed by atoms with Crippen molar-refractivity contribution in [3.8, 4) is 0 Å². The van der Waals surface area contributed by atoms with E-state index in [0.29, 0.717) is 5.91 Å². The molecule has 0 radical (unpaired) electrons. The number of nitrogens with one attached hydrogen (secondary N) is 1. The zero-order valence-corrected chi connectivity index (χ0v) is 16.5. The van der Waals surface area contributed by atoms with Gasteiger partial charge in [0.15, 0.2) is 0 Å². The van der Waals surface area contributed by atoms with Gasteiger partial charge in [0, 0.05) is 16.3 Å². The van der Waals surface area contributed by atoms with Crippen LogP contribution in [0.2, 0.25) is 0 Å². The molecule has 5 fully saturated rings. The maximum Gasteiger partial charge on any atom is 0.226 e. The van der Waals surface area contributed by atoms with E-state index < -0.39 is 0 Å². The quantitative estimate of drug-likeness (QED) is 0.709. The molecule has 4 bridgehead atoms. The predicted octanol–water partition coefficient (Wildman–Crippen LogP) is 4.96. The fourth-order valence-corrected chi connectivity index (χ4v) is 8.27. The molecule has 6 rings (SSSR count). The number of carbonyl (C=O) groups is 1. The van der Waals surface area contributed by atoms with Crippen LogP contribution in [0.5, 0.6) is 0 Å². The normalized spacial score (nSPS) is 40.5. The molecule has 0 aromatic heterocycles. The highest BCUT2D eigenvalue weighted by Crippen LogP contribution is 2.64. The first-order valence-electron chi connectivity index (χ1n) is 10.0. The Morgan fingerprint density at radius 3 is 2.32 bits per heavy atom. The molecule has 25 heavy (non-hydrogen) atoms. The second-order valence-electron chi connectivity index (χ2n) is 9.57. The Hall–Kier alpha value is -0.830. The Morgan fingerprint density at radius 2 is 1.76 bits per heavy atom. The van der Waals surface area contributed by atoms with Gasteiger partial charge in [-0.25, -0.2) is 0 Å². The van der Waals surface area contributed by atoms with Crippen LogP contribution in [-0.2, 0) is 10.2 Å². The average Bonchev–Trinajstić information content (AvgIpc) is 2.52. The number of halogens is 1. The number of hydrogen-bond donors (Lipinski definition) is 1. The van der Waals surface area contributed by atoms with Crippen LogP contribution in [0.15, 0.2) is 30.3 Å². The number of hydrogen-bond acceptors (Lipinski definition) is 1. The lowest BCUT2D eigenvalue weighted by Gasteiger charge is -2.59. The van der Waals surface area contributed by atoms with E-state index in [1.165, 1.54) is 44.1 Å². The summed E-state index contributed by atoms with van der Waals surface area (Å²) in [5.41, 5.74) is 1.50. The molecule has 134 valence electrons. The maximum atomic E-state index is 13.3. The van der Waals surface area contributed by atoms with Crippen LogP contribution < -0.4 is 5.32 Å². The van der Waals surface area contributed by atoms with Crippen molar-refractivity contribution >= 4 is 21.8 Å². The van der Waals surface area contributed by atoms with Crippen LogP contribution >= 0.6 is 15.9 Å². The van der Waals surface area contributed by atoms with Gasteiger partial charge in [-0.1, -0.05) is 52.7 Å². The van der Waals surface area contributed by atoms with Crippen LogP contribution in [0, 0.1) is 17.3 Å². The first kappa shape index (κ1) is 16.4. The summed E-state index contributed by atoms with van der Waals surface area (Å²) in [6.45, 7) is 0.822. The molecule has 2 atom stereocenters. The summed E-state index contributed by atoms with van der Waals surface area (Å²) in [5.74, 6) is 1.88. The number of alkyl halides is 1. The largest absolute Gasteiger partial charge is 0.355 e. The van der Waals surface area contributed by atoms with E-state index in [2.05, 4.69) is 51.6 Å². The topological polar surface area (TPSA) is 29.1 Å². The molecule has 0 saturated heterocycles. The van der Waals surface area contributed by atoms with Gasteiger partial charge in [0.2, 0.25) is 5.91 Å². The Morgan fingerprint density at radius 1 is 1.08 bits per heavy atom. The molecule has 2 nitrogen and oxygen atoms in total. The van der Waals surface area contributed by atoms with Gasteiger partial charge in [0.1, 0.15) is 0 Å². The highest BCUT2D eigenvalue weighted by Gasteiger charge is 2.59. The van der Waals surface area contributed by atoms with E-state index in [1.54, 1.807) is 0 Å². The van der Waals surface area contributed by atoms with E-state index in [9.17, 15) is 4.79 Å². The number of amides is 1. The van der Waals surface area contributed by atoms with Crippen molar-refractivity contribution < 1.29 is 4.79 Å². The fourth-order valence-electron chi connectivity index (χ4n) is 6.82. The molecule has 1 amide bonds. The van der Waals surface area contributed by atoms with Crippen molar-refractivity contribution in [2.45, 2.75) is 67.5 Å². The molecule has 0 heterocycles. The molecule has 5 saturated carbocycles. The number of carbonyl (C=O) groups excluding carboxylic acids is 1. The van der Waals surface area contributed by atoms with Crippen LogP contribution in [0.25, 0.3) is 0 Å². The monoisotopic (exact) mass is 401 g/mol. The van der Waals surface area contributed by atoms with Crippen molar-refractivity contribution in [3.05, 3.63) is 35.9 Å². The van der Waals surface area contributed by atoms with Crippen molar-refractivity contribution in [2.75, 3.05) is 6.54 Å². The van der Waals surface area contributed by atoms with Crippen molar-refractivity contribution in [2.24, 2.45) is 17.3 Å². The summed E-state index contributed by atoms with van der Waals surface area (Å²) in [6, 6.07) is 10.8. The Labute approximate surface area is 159 Å². The second kappa shape index (κ2) is 5.58. The molecular weight excluding hydrogens is 374 g/mol. The van der Waals surface area contributed by atoms with Gasteiger partial charge in [-0.2, -0.15) is 0 Å². The molecule has 3 heteroatoms. The summed E-state index contributed by atoms with van der Waals surface area (Å²) >= 11 is 4.03. The van der Waals surface area contributed by atoms with Gasteiger partial charge < -0.3 is 5.32 Å². The van der Waals surface area contributed by atoms with Gasteiger partial charge in [0.25, 0.3) is 0 Å². The zero-order valence-electron chi connectivity index (χ0n) is 14.9. The van der Waals surface area contributed by atoms with Crippen molar-refractivity contribution in [3.63, 3.8) is 0 Å². The van der Waals surface area contributed by atoms with E-state index in [-0.39, 0.29) is 15.2 Å². The lowest BCUT2D eigenvalue weighted by Crippen LogP contribution is -2.59. The summed E-state index contributed by atoms with van der Waals surface area (Å²) in [5, 5.41) is 3.44. The van der Waals surface area contributed by atoms with Gasteiger partial charge in [0.05, 0.1) is 5.41 Å². The van der Waals surface area contributed by atoms with Crippen LogP contribution in [-0.4, -0.2) is 16.8 Å². The standard InChI is InChI=1S/C22H28BrNO/c23-22-12-16-9-17(13-22)11-21(10-16,14-22)19(25)24-15-20(7-4-8-20)18-5-2-1-3-6-18/h1-3,5-6,16-17H,4,7-15H2,(H,24,25). The molecule has 0 aliphatic heterocycles. The summed E-state index contributed by atoms with van der Waals surface area (Å²) in [4.78, 5) is 13.3. The SMILES string of the molecule is O=C(NCC1(c2ccccc2)CCC1)C12CC3CC(CC(Br)(C3)C1)C2. The lowest BCUT2D eigenvalue weighted by atomic mass is 9.49. The average molecular weight is 402 g/mol. The molecule has 1 N–H and O–H groups in total. The van der Waals surface area contributed by atoms with Gasteiger partial charge in [-0.3, -0.25) is 4.79 Å². The molecule has 1 aromatic rings. The fraction of sp³-hybridized carbons (Fsp3) is 0.682. The molecule has 2 unspecified atom stereocenters. The van der Waals surface area contributed by atoms with E-state index in [4.69, 9.17) is 0 Å². The van der Waals surface area contributed by atoms with E-state index >= 15 is 0 Å². The van der Waals surface area contributed by atoms with Gasteiger partial charge in [-0.05, 0) is 68.8 Å². The minimum absolute atomic E-state index is 0.0881. The predicted molar refractivity (Wildman–Crippen MR) is 104 cm³/mol. The molecule has 0 spiro atoms. The number of benzene rings is 1. The van der Waals surface area contributed by atoms with Crippen LogP contribution in [0.3, 0.4) is 0 Å². The third kappa shape index (κ3) is 2.60. The Balaban J connectivity index is 1.33. The summed E-state index contributed by atoms with van der Waals surface area (Å²) in [7, 11) is 0. The van der Waals surface area contributed by atoms with Crippen molar-refractivity contribution in [1.82, 2.24) is 5.32 Å². The minimum atomic E-state index is -0.0881. The third-order valence-corrected chi connectivity index (χ3v) is 8.68. The highest BCUT2D eigenvalue weighted by atomic mass is 79.9. The van der Waals surface area contributed by atoms with Gasteiger partial charge >= 0.3 is 0 Å². The smallest absolute Gasteiger partial charge is 0.226 e. The molecule has 5 aliphatic rings. The zero-order chi connectivity index (χ0) is 17.1. The van der Waals surface area contributed by atoms with Gasteiger partial charge in [-0.15, -0.1) is 0 Å². The maximum absolute atomic E-state index is 13.3. The molecule has 5 aliphatic carbocycles. The minimum Gasteiger partial charge on any atom is -0.355 e. The Bertz CT molecular complexity index is 667. The third-order valence-electron chi connectivity index (χ3n) is 7.76. The summed E-state index contributed by atoms with van der Waals surface area (Å²) in [6.07, 6.45) is 10.9. The van der Waals surface area contributed by atoms with Crippen molar-refractivity contribution in [1.29, 1.82) is 0 Å². The van der Waals surface area contributed by atoms with E-state index in [1.807, 2.05) is 0 Å². The number of rotatable bonds is 4. The van der Waals surface area contributed by atoms with E-state index in [0.717, 1.165) is 37.6 Å². The first-order chi connectivity index (χ1) is 12.0. The highest BCUT2D eigenvalue weighted by molar-refractivity contribution is 9.10.